The van der Waals surface area contributed by atoms with E-state index in [1.54, 1.807) is 12.1 Å². The van der Waals surface area contributed by atoms with Crippen LogP contribution in [-0.2, 0) is 0 Å². The fourth-order valence-electron chi connectivity index (χ4n) is 2.17. The number of anilines is 1. The molecule has 1 aliphatic carbocycles. The topological polar surface area (TPSA) is 29.3 Å². The number of rotatable bonds is 4. The van der Waals surface area contributed by atoms with Gasteiger partial charge in [0.05, 0.1) is 0 Å². The quantitative estimate of drug-likeness (QED) is 0.847. The van der Waals surface area contributed by atoms with Gasteiger partial charge in [-0.2, -0.15) is 0 Å². The molecule has 0 saturated heterocycles. The summed E-state index contributed by atoms with van der Waals surface area (Å²) in [6, 6.07) is 6.55. The van der Waals surface area contributed by atoms with Gasteiger partial charge in [-0.05, 0) is 49.9 Å². The highest BCUT2D eigenvalue weighted by atomic mass is 19.1. The second-order valence-electron chi connectivity index (χ2n) is 5.11. The average Bonchev–Trinajstić information content (AvgIpc) is 3.01. The number of hydrogen-bond acceptors (Lipinski definition) is 2. The summed E-state index contributed by atoms with van der Waals surface area (Å²) in [6.45, 7) is 2.91. The van der Waals surface area contributed by atoms with E-state index in [4.69, 9.17) is 5.73 Å². The predicted molar refractivity (Wildman–Crippen MR) is 65.0 cm³/mol. The highest BCUT2D eigenvalue weighted by molar-refractivity contribution is 5.45. The van der Waals surface area contributed by atoms with Crippen molar-refractivity contribution in [2.24, 2.45) is 11.7 Å². The summed E-state index contributed by atoms with van der Waals surface area (Å²) < 4.78 is 12.8. The average molecular weight is 222 g/mol. The molecule has 1 aliphatic rings. The fraction of sp³-hybridized carbons (Fsp3) is 0.538. The monoisotopic (exact) mass is 222 g/mol. The van der Waals surface area contributed by atoms with Gasteiger partial charge in [0.25, 0.3) is 0 Å². The van der Waals surface area contributed by atoms with Crippen LogP contribution in [0.4, 0.5) is 10.1 Å². The van der Waals surface area contributed by atoms with Crippen molar-refractivity contribution in [2.45, 2.75) is 25.3 Å². The van der Waals surface area contributed by atoms with Gasteiger partial charge in [-0.3, -0.25) is 0 Å². The molecule has 0 bridgehead atoms. The van der Waals surface area contributed by atoms with Crippen molar-refractivity contribution < 1.29 is 4.39 Å². The standard InChI is InChI=1S/C13H19FN2/c1-13(15,10-3-4-10)9-16(2)12-7-5-11(14)6-8-12/h5-8,10H,3-4,9,15H2,1-2H3. The van der Waals surface area contributed by atoms with Crippen LogP contribution < -0.4 is 10.6 Å². The Balaban J connectivity index is 2.02. The molecule has 1 fully saturated rings. The zero-order valence-corrected chi connectivity index (χ0v) is 9.91. The minimum Gasteiger partial charge on any atom is -0.373 e. The Morgan fingerprint density at radius 1 is 1.38 bits per heavy atom. The predicted octanol–water partition coefficient (Wildman–Crippen LogP) is 2.39. The van der Waals surface area contributed by atoms with E-state index in [0.29, 0.717) is 5.92 Å². The molecule has 16 heavy (non-hydrogen) atoms. The van der Waals surface area contributed by atoms with Gasteiger partial charge in [0.2, 0.25) is 0 Å². The third-order valence-corrected chi connectivity index (χ3v) is 3.36. The molecule has 0 radical (unpaired) electrons. The zero-order chi connectivity index (χ0) is 11.8. The lowest BCUT2D eigenvalue weighted by Crippen LogP contribution is -2.48. The van der Waals surface area contributed by atoms with Gasteiger partial charge >= 0.3 is 0 Å². The van der Waals surface area contributed by atoms with Crippen LogP contribution in [0.5, 0.6) is 0 Å². The molecular formula is C13H19FN2. The first-order valence-corrected chi connectivity index (χ1v) is 5.74. The second kappa shape index (κ2) is 4.06. The summed E-state index contributed by atoms with van der Waals surface area (Å²) >= 11 is 0. The van der Waals surface area contributed by atoms with Gasteiger partial charge in [0.1, 0.15) is 5.82 Å². The first-order valence-electron chi connectivity index (χ1n) is 5.74. The summed E-state index contributed by atoms with van der Waals surface area (Å²) in [4.78, 5) is 2.09. The minimum absolute atomic E-state index is 0.136. The van der Waals surface area contributed by atoms with E-state index in [-0.39, 0.29) is 11.4 Å². The lowest BCUT2D eigenvalue weighted by molar-refractivity contribution is 0.412. The molecule has 0 amide bonds. The Bertz CT molecular complexity index is 355. The van der Waals surface area contributed by atoms with Crippen molar-refractivity contribution >= 4 is 5.69 Å². The molecule has 88 valence electrons. The molecule has 1 saturated carbocycles. The number of hydrogen-bond donors (Lipinski definition) is 1. The maximum Gasteiger partial charge on any atom is 0.123 e. The number of likely N-dealkylation sites (N-methyl/N-ethyl adjacent to an activating group) is 1. The van der Waals surface area contributed by atoms with Crippen LogP contribution >= 0.6 is 0 Å². The van der Waals surface area contributed by atoms with Crippen molar-refractivity contribution in [1.29, 1.82) is 0 Å². The molecule has 2 N–H and O–H groups in total. The summed E-state index contributed by atoms with van der Waals surface area (Å²) in [5, 5.41) is 0. The lowest BCUT2D eigenvalue weighted by Gasteiger charge is -2.31. The van der Waals surface area contributed by atoms with E-state index in [1.807, 2.05) is 7.05 Å². The summed E-state index contributed by atoms with van der Waals surface area (Å²) in [5.74, 6) is 0.449. The highest BCUT2D eigenvalue weighted by Crippen LogP contribution is 2.38. The molecule has 0 aromatic heterocycles. The maximum absolute atomic E-state index is 12.8. The van der Waals surface area contributed by atoms with Crippen LogP contribution in [0.3, 0.4) is 0 Å². The van der Waals surface area contributed by atoms with Crippen LogP contribution in [0.1, 0.15) is 19.8 Å². The molecule has 1 unspecified atom stereocenters. The van der Waals surface area contributed by atoms with E-state index in [9.17, 15) is 4.39 Å². The van der Waals surface area contributed by atoms with Crippen LogP contribution in [-0.4, -0.2) is 19.1 Å². The molecule has 2 nitrogen and oxygen atoms in total. The van der Waals surface area contributed by atoms with Crippen molar-refractivity contribution in [3.05, 3.63) is 30.1 Å². The normalized spacial score (nSPS) is 19.2. The Morgan fingerprint density at radius 3 is 2.44 bits per heavy atom. The van der Waals surface area contributed by atoms with Gasteiger partial charge in [-0.1, -0.05) is 0 Å². The van der Waals surface area contributed by atoms with Crippen molar-refractivity contribution in [1.82, 2.24) is 0 Å². The van der Waals surface area contributed by atoms with Crippen LogP contribution in [0.2, 0.25) is 0 Å². The lowest BCUT2D eigenvalue weighted by atomic mass is 9.96. The van der Waals surface area contributed by atoms with Gasteiger partial charge in [0, 0.05) is 24.8 Å². The largest absolute Gasteiger partial charge is 0.373 e. The third-order valence-electron chi connectivity index (χ3n) is 3.36. The molecule has 0 heterocycles. The maximum atomic E-state index is 12.8. The van der Waals surface area contributed by atoms with Crippen molar-refractivity contribution in [3.63, 3.8) is 0 Å². The van der Waals surface area contributed by atoms with E-state index in [2.05, 4.69) is 11.8 Å². The number of benzene rings is 1. The summed E-state index contributed by atoms with van der Waals surface area (Å²) in [6.07, 6.45) is 2.48. The van der Waals surface area contributed by atoms with E-state index in [0.717, 1.165) is 12.2 Å². The minimum atomic E-state index is -0.199. The van der Waals surface area contributed by atoms with E-state index in [1.165, 1.54) is 25.0 Å². The first kappa shape index (κ1) is 11.4. The Labute approximate surface area is 96.2 Å². The van der Waals surface area contributed by atoms with E-state index < -0.39 is 0 Å². The molecule has 2 rings (SSSR count). The van der Waals surface area contributed by atoms with Gasteiger partial charge < -0.3 is 10.6 Å². The van der Waals surface area contributed by atoms with Crippen molar-refractivity contribution in [2.75, 3.05) is 18.5 Å². The molecule has 0 aliphatic heterocycles. The summed E-state index contributed by atoms with van der Waals surface area (Å²) in [7, 11) is 2.00. The molecule has 3 heteroatoms. The van der Waals surface area contributed by atoms with E-state index >= 15 is 0 Å². The van der Waals surface area contributed by atoms with Crippen LogP contribution in [0.25, 0.3) is 0 Å². The molecule has 1 aromatic carbocycles. The SMILES string of the molecule is CN(CC(C)(N)C1CC1)c1ccc(F)cc1. The Kier molecular flexibility index (Phi) is 2.89. The Hall–Kier alpha value is -1.09. The second-order valence-corrected chi connectivity index (χ2v) is 5.11. The first-order chi connectivity index (χ1) is 7.49. The zero-order valence-electron chi connectivity index (χ0n) is 9.91. The number of nitrogens with zero attached hydrogens (tertiary/aromatic N) is 1. The molecule has 0 spiro atoms. The molecule has 1 atom stereocenters. The fourth-order valence-corrected chi connectivity index (χ4v) is 2.17. The van der Waals surface area contributed by atoms with Crippen molar-refractivity contribution in [3.8, 4) is 0 Å². The van der Waals surface area contributed by atoms with Crippen LogP contribution in [0.15, 0.2) is 24.3 Å². The van der Waals surface area contributed by atoms with Gasteiger partial charge in [0.15, 0.2) is 0 Å². The highest BCUT2D eigenvalue weighted by Gasteiger charge is 2.38. The van der Waals surface area contributed by atoms with Crippen LogP contribution in [0, 0.1) is 11.7 Å². The molecule has 1 aromatic rings. The molecular weight excluding hydrogens is 203 g/mol. The third kappa shape index (κ3) is 2.53. The smallest absolute Gasteiger partial charge is 0.123 e. The number of halogens is 1. The summed E-state index contributed by atoms with van der Waals surface area (Å²) in [5.41, 5.74) is 7.15. The van der Waals surface area contributed by atoms with Gasteiger partial charge in [-0.15, -0.1) is 0 Å². The van der Waals surface area contributed by atoms with Gasteiger partial charge in [-0.25, -0.2) is 4.39 Å². The number of nitrogens with two attached hydrogens (primary N) is 1. The Morgan fingerprint density at radius 2 is 1.94 bits per heavy atom.